The van der Waals surface area contributed by atoms with Crippen LogP contribution in [0, 0.1) is 6.92 Å². The number of aryl methyl sites for hydroxylation is 1. The maximum atomic E-state index is 13.4. The third-order valence-electron chi connectivity index (χ3n) is 5.41. The number of carbonyl (C=O) groups excluding carboxylic acids is 1. The minimum atomic E-state index is -0.734. The first-order valence-electron chi connectivity index (χ1n) is 10.8. The molecule has 4 rings (SSSR count). The standard InChI is InChI=1S/C25H25ClN2O5S/c1-5-32-24(15-6-8-16(9-7-15)25-28-27-14(2)34-25)23(29)19-11-10-18(33-19)17-12-20(30-3)22(26)21(13-17)31-4/h6-10,12-13,19,24H,5,11H2,1-4H3. The minimum Gasteiger partial charge on any atom is -0.495 e. The molecule has 2 atom stereocenters. The number of ketones is 1. The molecule has 2 heterocycles. The van der Waals surface area contributed by atoms with Crippen LogP contribution < -0.4 is 9.47 Å². The van der Waals surface area contributed by atoms with Gasteiger partial charge < -0.3 is 18.9 Å². The van der Waals surface area contributed by atoms with Crippen LogP contribution in [0.5, 0.6) is 11.5 Å². The third kappa shape index (κ3) is 4.94. The van der Waals surface area contributed by atoms with E-state index in [4.69, 9.17) is 30.5 Å². The second kappa shape index (κ2) is 10.5. The molecule has 0 spiro atoms. The zero-order valence-electron chi connectivity index (χ0n) is 19.3. The van der Waals surface area contributed by atoms with E-state index < -0.39 is 12.2 Å². The van der Waals surface area contributed by atoms with Crippen LogP contribution >= 0.6 is 22.9 Å². The van der Waals surface area contributed by atoms with Crippen LogP contribution in [0.25, 0.3) is 16.3 Å². The number of nitrogens with zero attached hydrogens (tertiary/aromatic N) is 2. The number of Topliss-reactive ketones (excluding diaryl/α,β-unsaturated/α-hetero) is 1. The van der Waals surface area contributed by atoms with Crippen LogP contribution in [0.4, 0.5) is 0 Å². The zero-order chi connectivity index (χ0) is 24.2. The van der Waals surface area contributed by atoms with Gasteiger partial charge >= 0.3 is 0 Å². The number of aromatic nitrogens is 2. The first kappa shape index (κ1) is 24.2. The van der Waals surface area contributed by atoms with E-state index in [-0.39, 0.29) is 5.78 Å². The summed E-state index contributed by atoms with van der Waals surface area (Å²) < 4.78 is 22.6. The molecule has 2 aromatic carbocycles. The Morgan fingerprint density at radius 3 is 2.38 bits per heavy atom. The van der Waals surface area contributed by atoms with Crippen LogP contribution in [-0.2, 0) is 14.3 Å². The number of methoxy groups -OCH3 is 2. The summed E-state index contributed by atoms with van der Waals surface area (Å²) in [6.07, 6.45) is 0.925. The molecule has 0 fully saturated rings. The van der Waals surface area contributed by atoms with Crippen molar-refractivity contribution in [3.63, 3.8) is 0 Å². The lowest BCUT2D eigenvalue weighted by Gasteiger charge is -2.21. The maximum absolute atomic E-state index is 13.4. The third-order valence-corrected chi connectivity index (χ3v) is 6.67. The average molecular weight is 501 g/mol. The highest BCUT2D eigenvalue weighted by Gasteiger charge is 2.34. The smallest absolute Gasteiger partial charge is 0.206 e. The lowest BCUT2D eigenvalue weighted by atomic mass is 9.99. The number of rotatable bonds is 9. The molecule has 0 aliphatic carbocycles. The molecule has 0 bridgehead atoms. The average Bonchev–Trinajstić information content (AvgIpc) is 3.52. The molecule has 178 valence electrons. The van der Waals surface area contributed by atoms with Gasteiger partial charge in [0.2, 0.25) is 5.78 Å². The molecular formula is C25H25ClN2O5S. The Morgan fingerprint density at radius 2 is 1.82 bits per heavy atom. The van der Waals surface area contributed by atoms with Crippen molar-refractivity contribution in [1.82, 2.24) is 10.2 Å². The predicted octanol–water partition coefficient (Wildman–Crippen LogP) is 5.66. The van der Waals surface area contributed by atoms with E-state index in [1.807, 2.05) is 44.2 Å². The lowest BCUT2D eigenvalue weighted by Crippen LogP contribution is -2.28. The van der Waals surface area contributed by atoms with E-state index in [1.165, 1.54) is 25.6 Å². The summed E-state index contributed by atoms with van der Waals surface area (Å²) in [4.78, 5) is 13.4. The molecule has 0 saturated heterocycles. The Kier molecular flexibility index (Phi) is 7.50. The molecule has 3 aromatic rings. The van der Waals surface area contributed by atoms with Crippen molar-refractivity contribution < 1.29 is 23.7 Å². The van der Waals surface area contributed by atoms with Crippen molar-refractivity contribution in [1.29, 1.82) is 0 Å². The van der Waals surface area contributed by atoms with Gasteiger partial charge in [0, 0.05) is 24.2 Å². The first-order valence-corrected chi connectivity index (χ1v) is 12.0. The molecule has 1 aromatic heterocycles. The quantitative estimate of drug-likeness (QED) is 0.375. The molecule has 0 N–H and O–H groups in total. The summed E-state index contributed by atoms with van der Waals surface area (Å²) in [6, 6.07) is 11.2. The van der Waals surface area contributed by atoms with Crippen LogP contribution in [0.1, 0.15) is 35.6 Å². The second-order valence-electron chi connectivity index (χ2n) is 7.59. The van der Waals surface area contributed by atoms with Gasteiger partial charge in [-0.2, -0.15) is 0 Å². The van der Waals surface area contributed by atoms with Crippen molar-refractivity contribution in [2.45, 2.75) is 32.5 Å². The zero-order valence-corrected chi connectivity index (χ0v) is 20.9. The Labute approximate surface area is 207 Å². The highest BCUT2D eigenvalue weighted by Crippen LogP contribution is 2.40. The van der Waals surface area contributed by atoms with Crippen molar-refractivity contribution in [2.75, 3.05) is 20.8 Å². The SMILES string of the molecule is CCOC(C(=O)C1CC=C(c2cc(OC)c(Cl)c(OC)c2)O1)c1ccc(-c2nnc(C)s2)cc1. The molecule has 9 heteroatoms. The molecule has 0 saturated carbocycles. The second-order valence-corrected chi connectivity index (χ2v) is 9.15. The lowest BCUT2D eigenvalue weighted by molar-refractivity contribution is -0.138. The van der Waals surface area contributed by atoms with Crippen LogP contribution in [-0.4, -0.2) is 42.9 Å². The molecule has 34 heavy (non-hydrogen) atoms. The fourth-order valence-electron chi connectivity index (χ4n) is 3.73. The molecule has 0 amide bonds. The fraction of sp³-hybridized carbons (Fsp3) is 0.320. The summed E-state index contributed by atoms with van der Waals surface area (Å²) in [5.41, 5.74) is 2.44. The van der Waals surface area contributed by atoms with E-state index in [9.17, 15) is 4.79 Å². The van der Waals surface area contributed by atoms with Crippen LogP contribution in [0.3, 0.4) is 0 Å². The molecule has 1 aliphatic rings. The van der Waals surface area contributed by atoms with Gasteiger partial charge in [0.1, 0.15) is 38.4 Å². The van der Waals surface area contributed by atoms with Crippen LogP contribution in [0.2, 0.25) is 5.02 Å². The molecule has 2 unspecified atom stereocenters. The molecule has 7 nitrogen and oxygen atoms in total. The first-order chi connectivity index (χ1) is 16.4. The van der Waals surface area contributed by atoms with Crippen molar-refractivity contribution in [3.8, 4) is 22.1 Å². The van der Waals surface area contributed by atoms with Gasteiger partial charge in [0.05, 0.1) is 14.2 Å². The van der Waals surface area contributed by atoms with E-state index in [1.54, 1.807) is 12.1 Å². The predicted molar refractivity (Wildman–Crippen MR) is 131 cm³/mol. The number of ether oxygens (including phenoxy) is 4. The van der Waals surface area contributed by atoms with Crippen molar-refractivity contribution in [3.05, 3.63) is 63.6 Å². The van der Waals surface area contributed by atoms with Crippen molar-refractivity contribution in [2.24, 2.45) is 0 Å². The van der Waals surface area contributed by atoms with E-state index >= 15 is 0 Å². The van der Waals surface area contributed by atoms with Gasteiger partial charge in [-0.1, -0.05) is 47.2 Å². The summed E-state index contributed by atoms with van der Waals surface area (Å²) in [5, 5.41) is 10.4. The Balaban J connectivity index is 1.51. The van der Waals surface area contributed by atoms with E-state index in [2.05, 4.69) is 10.2 Å². The summed E-state index contributed by atoms with van der Waals surface area (Å²) in [7, 11) is 3.07. The maximum Gasteiger partial charge on any atom is 0.206 e. The fourth-order valence-corrected chi connectivity index (χ4v) is 4.69. The minimum absolute atomic E-state index is 0.138. The van der Waals surface area contributed by atoms with Gasteiger partial charge in [0.15, 0.2) is 6.10 Å². The molecule has 0 radical (unpaired) electrons. The Hall–Kier alpha value is -2.94. The summed E-state index contributed by atoms with van der Waals surface area (Å²) in [6.45, 7) is 4.18. The number of halogens is 1. The van der Waals surface area contributed by atoms with E-state index in [0.29, 0.717) is 35.3 Å². The largest absolute Gasteiger partial charge is 0.495 e. The Morgan fingerprint density at radius 1 is 1.15 bits per heavy atom. The number of hydrogen-bond donors (Lipinski definition) is 0. The number of hydrogen-bond acceptors (Lipinski definition) is 8. The molecule has 1 aliphatic heterocycles. The van der Waals surface area contributed by atoms with Crippen LogP contribution in [0.15, 0.2) is 42.5 Å². The number of benzene rings is 2. The van der Waals surface area contributed by atoms with Crippen molar-refractivity contribution >= 4 is 34.5 Å². The highest BCUT2D eigenvalue weighted by molar-refractivity contribution is 7.14. The van der Waals surface area contributed by atoms with Gasteiger partial charge in [-0.25, -0.2) is 0 Å². The summed E-state index contributed by atoms with van der Waals surface area (Å²) >= 11 is 7.80. The van der Waals surface area contributed by atoms with Gasteiger partial charge in [0.25, 0.3) is 0 Å². The molecular weight excluding hydrogens is 476 g/mol. The number of carbonyl (C=O) groups is 1. The van der Waals surface area contributed by atoms with Gasteiger partial charge in [-0.15, -0.1) is 10.2 Å². The van der Waals surface area contributed by atoms with E-state index in [0.717, 1.165) is 26.7 Å². The van der Waals surface area contributed by atoms with Gasteiger partial charge in [-0.3, -0.25) is 4.79 Å². The highest BCUT2D eigenvalue weighted by atomic mass is 35.5. The van der Waals surface area contributed by atoms with Gasteiger partial charge in [-0.05, 0) is 37.6 Å². The normalized spacial score (nSPS) is 16.0. The summed E-state index contributed by atoms with van der Waals surface area (Å²) in [5.74, 6) is 1.37. The monoisotopic (exact) mass is 500 g/mol. The Bertz CT molecular complexity index is 1180. The topological polar surface area (TPSA) is 79.8 Å².